The number of hydrogen-bond acceptors (Lipinski definition) is 1. The molecule has 0 aromatic heterocycles. The highest BCUT2D eigenvalue weighted by molar-refractivity contribution is 5.02. The van der Waals surface area contributed by atoms with Gasteiger partial charge in [-0.05, 0) is 43.9 Å². The van der Waals surface area contributed by atoms with Crippen LogP contribution >= 0.6 is 0 Å². The molecule has 1 nitrogen and oxygen atoms in total. The average molecular weight is 155 g/mol. The second-order valence-electron chi connectivity index (χ2n) is 4.65. The Morgan fingerprint density at radius 3 is 2.18 bits per heavy atom. The molecule has 2 saturated heterocycles. The zero-order valence-corrected chi connectivity index (χ0v) is 6.65. The fourth-order valence-corrected chi connectivity index (χ4v) is 3.50. The van der Waals surface area contributed by atoms with Crippen molar-refractivity contribution < 1.29 is 4.39 Å². The molecule has 2 aliphatic carbocycles. The molecule has 4 rings (SSSR count). The smallest absolute Gasteiger partial charge is 0.162 e. The van der Waals surface area contributed by atoms with Crippen LogP contribution < -0.4 is 5.32 Å². The van der Waals surface area contributed by atoms with Crippen molar-refractivity contribution in [2.75, 3.05) is 0 Å². The largest absolute Gasteiger partial charge is 0.282 e. The van der Waals surface area contributed by atoms with Crippen molar-refractivity contribution in [3.63, 3.8) is 0 Å². The van der Waals surface area contributed by atoms with E-state index in [1.807, 2.05) is 0 Å². The van der Waals surface area contributed by atoms with E-state index < -0.39 is 5.79 Å². The van der Waals surface area contributed by atoms with Gasteiger partial charge >= 0.3 is 0 Å². The van der Waals surface area contributed by atoms with E-state index in [1.165, 1.54) is 19.3 Å². The standard InChI is InChI=1S/C9H14FN/c10-9-4-6-1-7(5-9)3-8(2-6)11-9/h6-8,11H,1-5H2. The fourth-order valence-electron chi connectivity index (χ4n) is 3.50. The lowest BCUT2D eigenvalue weighted by molar-refractivity contribution is -0.0790. The Balaban J connectivity index is 1.94. The molecule has 1 N–H and O–H groups in total. The topological polar surface area (TPSA) is 12.0 Å². The molecule has 2 aliphatic heterocycles. The maximum Gasteiger partial charge on any atom is 0.162 e. The molecule has 2 atom stereocenters. The van der Waals surface area contributed by atoms with Crippen molar-refractivity contribution >= 4 is 0 Å². The third kappa shape index (κ3) is 0.851. The number of hydrogen-bond donors (Lipinski definition) is 1. The lowest BCUT2D eigenvalue weighted by atomic mass is 9.64. The third-order valence-corrected chi connectivity index (χ3v) is 3.59. The number of piperidine rings is 2. The Kier molecular flexibility index (Phi) is 1.04. The van der Waals surface area contributed by atoms with E-state index in [4.69, 9.17) is 0 Å². The second-order valence-corrected chi connectivity index (χ2v) is 4.65. The van der Waals surface area contributed by atoms with Crippen LogP contribution in [0.25, 0.3) is 0 Å². The van der Waals surface area contributed by atoms with Gasteiger partial charge in [-0.3, -0.25) is 5.32 Å². The highest BCUT2D eigenvalue weighted by Crippen LogP contribution is 2.49. The van der Waals surface area contributed by atoms with E-state index in [9.17, 15) is 4.39 Å². The van der Waals surface area contributed by atoms with Crippen molar-refractivity contribution in [1.29, 1.82) is 0 Å². The van der Waals surface area contributed by atoms with Gasteiger partial charge in [-0.15, -0.1) is 0 Å². The molecule has 62 valence electrons. The Labute approximate surface area is 66.4 Å². The van der Waals surface area contributed by atoms with Crippen molar-refractivity contribution in [3.8, 4) is 0 Å². The van der Waals surface area contributed by atoms with Crippen molar-refractivity contribution in [3.05, 3.63) is 0 Å². The van der Waals surface area contributed by atoms with Crippen LogP contribution in [-0.2, 0) is 0 Å². The van der Waals surface area contributed by atoms with Crippen LogP contribution in [0, 0.1) is 11.8 Å². The number of halogens is 1. The summed E-state index contributed by atoms with van der Waals surface area (Å²) in [5.41, 5.74) is 0. The van der Waals surface area contributed by atoms with Crippen LogP contribution in [0.3, 0.4) is 0 Å². The van der Waals surface area contributed by atoms with Crippen LogP contribution in [0.15, 0.2) is 0 Å². The molecule has 0 spiro atoms. The zero-order chi connectivity index (χ0) is 7.47. The Morgan fingerprint density at radius 2 is 1.73 bits per heavy atom. The van der Waals surface area contributed by atoms with Crippen molar-refractivity contribution in [1.82, 2.24) is 5.32 Å². The maximum atomic E-state index is 13.8. The average Bonchev–Trinajstić information content (AvgIpc) is 1.79. The molecule has 4 aliphatic rings. The molecule has 0 aromatic rings. The van der Waals surface area contributed by atoms with Gasteiger partial charge in [0, 0.05) is 6.04 Å². The van der Waals surface area contributed by atoms with Crippen molar-refractivity contribution in [2.45, 2.75) is 43.9 Å². The summed E-state index contributed by atoms with van der Waals surface area (Å²) in [5.74, 6) is 0.465. The molecular formula is C9H14FN. The minimum atomic E-state index is -0.950. The first-order valence-electron chi connectivity index (χ1n) is 4.70. The lowest BCUT2D eigenvalue weighted by Gasteiger charge is -2.53. The molecule has 4 bridgehead atoms. The normalized spacial score (nSPS) is 60.3. The Hall–Kier alpha value is -0.110. The van der Waals surface area contributed by atoms with E-state index in [0.717, 1.165) is 12.8 Å². The molecule has 4 fully saturated rings. The SMILES string of the molecule is FC12CC3CC(CC(C3)N1)C2. The highest BCUT2D eigenvalue weighted by Gasteiger charge is 2.50. The van der Waals surface area contributed by atoms with Crippen LogP contribution in [0.4, 0.5) is 4.39 Å². The second kappa shape index (κ2) is 1.79. The summed E-state index contributed by atoms with van der Waals surface area (Å²) in [7, 11) is 0. The van der Waals surface area contributed by atoms with Gasteiger partial charge in [0.15, 0.2) is 5.79 Å². The first-order valence-corrected chi connectivity index (χ1v) is 4.70. The minimum absolute atomic E-state index is 0.520. The monoisotopic (exact) mass is 155 g/mol. The zero-order valence-electron chi connectivity index (χ0n) is 6.65. The first kappa shape index (κ1) is 6.41. The van der Waals surface area contributed by atoms with Crippen LogP contribution in [0.2, 0.25) is 0 Å². The Morgan fingerprint density at radius 1 is 1.09 bits per heavy atom. The van der Waals surface area contributed by atoms with Crippen molar-refractivity contribution in [2.24, 2.45) is 11.8 Å². The molecule has 2 heteroatoms. The molecule has 11 heavy (non-hydrogen) atoms. The number of nitrogens with one attached hydrogen (secondary N) is 1. The summed E-state index contributed by atoms with van der Waals surface area (Å²) in [6.07, 6.45) is 5.37. The van der Waals surface area contributed by atoms with Gasteiger partial charge in [-0.1, -0.05) is 0 Å². The van der Waals surface area contributed by atoms with Gasteiger partial charge < -0.3 is 0 Å². The summed E-state index contributed by atoms with van der Waals surface area (Å²) >= 11 is 0. The van der Waals surface area contributed by atoms with Gasteiger partial charge in [-0.25, -0.2) is 4.39 Å². The molecule has 2 unspecified atom stereocenters. The summed E-state index contributed by atoms with van der Waals surface area (Å²) in [5, 5.41) is 3.12. The van der Waals surface area contributed by atoms with E-state index >= 15 is 0 Å². The third-order valence-electron chi connectivity index (χ3n) is 3.59. The Bertz CT molecular complexity index is 155. The fraction of sp³-hybridized carbons (Fsp3) is 1.00. The molecule has 0 aromatic carbocycles. The molecule has 2 heterocycles. The summed E-state index contributed by atoms with van der Waals surface area (Å²) in [4.78, 5) is 0. The maximum absolute atomic E-state index is 13.8. The number of rotatable bonds is 0. The van der Waals surface area contributed by atoms with Crippen LogP contribution in [0.5, 0.6) is 0 Å². The molecule has 0 amide bonds. The van der Waals surface area contributed by atoms with Gasteiger partial charge in [-0.2, -0.15) is 0 Å². The van der Waals surface area contributed by atoms with Crippen LogP contribution in [-0.4, -0.2) is 11.8 Å². The molecule has 0 radical (unpaired) electrons. The van der Waals surface area contributed by atoms with E-state index in [2.05, 4.69) is 5.32 Å². The predicted molar refractivity (Wildman–Crippen MR) is 40.8 cm³/mol. The van der Waals surface area contributed by atoms with E-state index in [0.29, 0.717) is 17.9 Å². The van der Waals surface area contributed by atoms with Gasteiger partial charge in [0.1, 0.15) is 0 Å². The molecule has 2 saturated carbocycles. The summed E-state index contributed by atoms with van der Waals surface area (Å²) in [6, 6.07) is 0.520. The predicted octanol–water partition coefficient (Wildman–Crippen LogP) is 1.83. The highest BCUT2D eigenvalue weighted by atomic mass is 19.1. The minimum Gasteiger partial charge on any atom is -0.282 e. The van der Waals surface area contributed by atoms with E-state index in [1.54, 1.807) is 0 Å². The van der Waals surface area contributed by atoms with Crippen LogP contribution in [0.1, 0.15) is 32.1 Å². The van der Waals surface area contributed by atoms with Gasteiger partial charge in [0.05, 0.1) is 0 Å². The quantitative estimate of drug-likeness (QED) is 0.526. The van der Waals surface area contributed by atoms with Gasteiger partial charge in [0.25, 0.3) is 0 Å². The van der Waals surface area contributed by atoms with E-state index in [-0.39, 0.29) is 0 Å². The summed E-state index contributed by atoms with van der Waals surface area (Å²) in [6.45, 7) is 0. The summed E-state index contributed by atoms with van der Waals surface area (Å²) < 4.78 is 13.8. The number of alkyl halides is 1. The lowest BCUT2D eigenvalue weighted by Crippen LogP contribution is -2.61. The van der Waals surface area contributed by atoms with Gasteiger partial charge in [0.2, 0.25) is 0 Å². The first-order chi connectivity index (χ1) is 5.23. The molecular weight excluding hydrogens is 141 g/mol.